The van der Waals surface area contributed by atoms with Crippen LogP contribution in [0.3, 0.4) is 0 Å². The number of anilines is 1. The minimum Gasteiger partial charge on any atom is -0.444 e. The number of ether oxygens (including phenoxy) is 2. The van der Waals surface area contributed by atoms with Gasteiger partial charge in [-0.2, -0.15) is 0 Å². The third-order valence-corrected chi connectivity index (χ3v) is 7.44. The fraction of sp³-hybridized carbons (Fsp3) is 0.481. The van der Waals surface area contributed by atoms with Crippen LogP contribution in [0.1, 0.15) is 40.4 Å². The lowest BCUT2D eigenvalue weighted by Gasteiger charge is -2.43. The van der Waals surface area contributed by atoms with Gasteiger partial charge in [-0.05, 0) is 66.8 Å². The van der Waals surface area contributed by atoms with Crippen LogP contribution in [-0.4, -0.2) is 75.5 Å². The molecule has 2 heterocycles. The van der Waals surface area contributed by atoms with Crippen LogP contribution in [0.5, 0.6) is 0 Å². The third-order valence-electron chi connectivity index (χ3n) is 7.44. The first-order valence-corrected chi connectivity index (χ1v) is 12.7. The van der Waals surface area contributed by atoms with Gasteiger partial charge in [0, 0.05) is 44.5 Å². The van der Waals surface area contributed by atoms with Crippen molar-refractivity contribution in [2.45, 2.75) is 37.5 Å². The molecule has 3 aliphatic rings. The highest BCUT2D eigenvalue weighted by atomic mass is 19.1. The summed E-state index contributed by atoms with van der Waals surface area (Å²) in [6.45, 7) is 5.44. The Hall–Kier alpha value is -3.17. The molecule has 0 saturated carbocycles. The normalized spacial score (nSPS) is 22.7. The zero-order valence-electron chi connectivity index (χ0n) is 20.5. The maximum absolute atomic E-state index is 13.4. The number of carbonyl (C=O) groups is 2. The van der Waals surface area contributed by atoms with Crippen LogP contribution in [0.4, 0.5) is 14.9 Å². The predicted molar refractivity (Wildman–Crippen MR) is 134 cm³/mol. The van der Waals surface area contributed by atoms with Crippen molar-refractivity contribution in [2.75, 3.05) is 51.3 Å². The van der Waals surface area contributed by atoms with Gasteiger partial charge in [0.05, 0.1) is 25.3 Å². The number of rotatable bonds is 5. The molecule has 5 rings (SSSR count). The lowest BCUT2D eigenvalue weighted by molar-refractivity contribution is -0.0660. The molecule has 1 aliphatic carbocycles. The summed E-state index contributed by atoms with van der Waals surface area (Å²) in [5.41, 5.74) is 3.55. The number of fused-ring (bicyclic) bond motifs is 1. The number of amides is 2. The minimum absolute atomic E-state index is 0.333. The minimum atomic E-state index is -0.531. The lowest BCUT2D eigenvalue weighted by atomic mass is 9.95. The molecule has 0 aromatic heterocycles. The maximum atomic E-state index is 13.4. The number of nitrogens with zero attached hydrogens (tertiary/aromatic N) is 2. The summed E-state index contributed by atoms with van der Waals surface area (Å²) < 4.78 is 24.5. The molecule has 2 saturated heterocycles. The lowest BCUT2D eigenvalue weighted by Crippen LogP contribution is -2.56. The molecule has 0 radical (unpaired) electrons. The Balaban J connectivity index is 1.41. The van der Waals surface area contributed by atoms with Crippen LogP contribution < -0.4 is 15.5 Å². The summed E-state index contributed by atoms with van der Waals surface area (Å²) in [4.78, 5) is 30.2. The zero-order valence-corrected chi connectivity index (χ0v) is 20.5. The standard InChI is InChI=1S/C27H33FN4O4/c1-29-27(34)36-24-4-2-3-18-7-10-21(31-11-13-32(14-12-31)22-16-35-17-22)15-23(18)25(24)30-26(33)19-5-8-20(28)9-6-19/h5-10,15,22,24-25H,2-4,11-14,16-17H2,1H3,(H,29,34)(H,30,33)/t24?,25-/m0/s1. The molecule has 2 aromatic carbocycles. The van der Waals surface area contributed by atoms with Crippen LogP contribution in [-0.2, 0) is 15.9 Å². The molecule has 9 heteroatoms. The van der Waals surface area contributed by atoms with E-state index in [-0.39, 0.29) is 5.91 Å². The van der Waals surface area contributed by atoms with Crippen molar-refractivity contribution in [1.82, 2.24) is 15.5 Å². The first-order valence-electron chi connectivity index (χ1n) is 12.7. The van der Waals surface area contributed by atoms with Crippen LogP contribution in [0, 0.1) is 5.82 Å². The largest absolute Gasteiger partial charge is 0.444 e. The highest BCUT2D eigenvalue weighted by Crippen LogP contribution is 2.34. The SMILES string of the molecule is CNC(=O)OC1CCCc2ccc(N3CCN(C4COC4)CC3)cc2[C@@H]1NC(=O)c1ccc(F)cc1. The van der Waals surface area contributed by atoms with E-state index in [1.165, 1.54) is 31.3 Å². The number of aryl methyl sites for hydroxylation is 1. The summed E-state index contributed by atoms with van der Waals surface area (Å²) in [6.07, 6.45) is 1.23. The van der Waals surface area contributed by atoms with Gasteiger partial charge in [-0.3, -0.25) is 9.69 Å². The number of nitrogens with one attached hydrogen (secondary N) is 2. The van der Waals surface area contributed by atoms with Gasteiger partial charge < -0.3 is 25.0 Å². The van der Waals surface area contributed by atoms with E-state index in [1.807, 2.05) is 0 Å². The third kappa shape index (κ3) is 5.32. The maximum Gasteiger partial charge on any atom is 0.407 e. The Kier molecular flexibility index (Phi) is 7.38. The molecule has 2 aromatic rings. The molecular weight excluding hydrogens is 463 g/mol. The first kappa shape index (κ1) is 24.5. The average Bonchev–Trinajstić information content (AvgIpc) is 3.02. The summed E-state index contributed by atoms with van der Waals surface area (Å²) in [5, 5.41) is 5.61. The number of benzene rings is 2. The van der Waals surface area contributed by atoms with Gasteiger partial charge in [-0.1, -0.05) is 6.07 Å². The molecule has 2 fully saturated rings. The molecule has 2 aliphatic heterocycles. The van der Waals surface area contributed by atoms with Crippen molar-refractivity contribution in [3.05, 3.63) is 65.0 Å². The molecule has 2 atom stereocenters. The van der Waals surface area contributed by atoms with E-state index in [0.29, 0.717) is 18.0 Å². The fourth-order valence-corrected chi connectivity index (χ4v) is 5.26. The van der Waals surface area contributed by atoms with E-state index in [1.54, 1.807) is 0 Å². The van der Waals surface area contributed by atoms with E-state index in [9.17, 15) is 14.0 Å². The number of hydrogen-bond acceptors (Lipinski definition) is 6. The second kappa shape index (κ2) is 10.8. The van der Waals surface area contributed by atoms with Gasteiger partial charge in [-0.15, -0.1) is 0 Å². The second-order valence-electron chi connectivity index (χ2n) is 9.64. The highest BCUT2D eigenvalue weighted by molar-refractivity contribution is 5.94. The van der Waals surface area contributed by atoms with Crippen molar-refractivity contribution in [3.63, 3.8) is 0 Å². The molecule has 36 heavy (non-hydrogen) atoms. The summed E-state index contributed by atoms with van der Waals surface area (Å²) in [6, 6.07) is 11.9. The van der Waals surface area contributed by atoms with Gasteiger partial charge in [0.15, 0.2) is 0 Å². The van der Waals surface area contributed by atoms with E-state index in [4.69, 9.17) is 9.47 Å². The molecule has 2 N–H and O–H groups in total. The topological polar surface area (TPSA) is 83.1 Å². The van der Waals surface area contributed by atoms with Gasteiger partial charge in [0.25, 0.3) is 5.91 Å². The predicted octanol–water partition coefficient (Wildman–Crippen LogP) is 2.88. The van der Waals surface area contributed by atoms with Crippen LogP contribution >= 0.6 is 0 Å². The Morgan fingerprint density at radius 3 is 2.47 bits per heavy atom. The Labute approximate surface area is 210 Å². The number of hydrogen-bond donors (Lipinski definition) is 2. The monoisotopic (exact) mass is 496 g/mol. The van der Waals surface area contributed by atoms with Crippen molar-refractivity contribution >= 4 is 17.7 Å². The van der Waals surface area contributed by atoms with E-state index in [2.05, 4.69) is 38.6 Å². The van der Waals surface area contributed by atoms with Crippen LogP contribution in [0.25, 0.3) is 0 Å². The van der Waals surface area contributed by atoms with E-state index < -0.39 is 24.1 Å². The molecule has 0 spiro atoms. The summed E-state index contributed by atoms with van der Waals surface area (Å²) in [7, 11) is 1.52. The Morgan fingerprint density at radius 1 is 1.06 bits per heavy atom. The summed E-state index contributed by atoms with van der Waals surface area (Å²) >= 11 is 0. The molecule has 2 amide bonds. The Morgan fingerprint density at radius 2 is 1.81 bits per heavy atom. The smallest absolute Gasteiger partial charge is 0.407 e. The zero-order chi connectivity index (χ0) is 25.1. The van der Waals surface area contributed by atoms with E-state index in [0.717, 1.165) is 69.0 Å². The summed E-state index contributed by atoms with van der Waals surface area (Å²) in [5.74, 6) is -0.734. The van der Waals surface area contributed by atoms with Crippen LogP contribution in [0.15, 0.2) is 42.5 Å². The van der Waals surface area contributed by atoms with E-state index >= 15 is 0 Å². The highest BCUT2D eigenvalue weighted by Gasteiger charge is 2.34. The van der Waals surface area contributed by atoms with Crippen LogP contribution in [0.2, 0.25) is 0 Å². The van der Waals surface area contributed by atoms with Crippen molar-refractivity contribution in [3.8, 4) is 0 Å². The van der Waals surface area contributed by atoms with Crippen molar-refractivity contribution in [1.29, 1.82) is 0 Å². The average molecular weight is 497 g/mol. The number of alkyl carbamates (subject to hydrolysis) is 1. The number of halogens is 1. The fourth-order valence-electron chi connectivity index (χ4n) is 5.26. The molecule has 0 bridgehead atoms. The molecule has 1 unspecified atom stereocenters. The molecule has 192 valence electrons. The number of carbonyl (C=O) groups excluding carboxylic acids is 2. The molecular formula is C27H33FN4O4. The van der Waals surface area contributed by atoms with Gasteiger partial charge in [0.2, 0.25) is 0 Å². The van der Waals surface area contributed by atoms with Gasteiger partial charge >= 0.3 is 6.09 Å². The second-order valence-corrected chi connectivity index (χ2v) is 9.64. The number of piperazine rings is 1. The first-order chi connectivity index (χ1) is 17.5. The van der Waals surface area contributed by atoms with Crippen molar-refractivity contribution < 1.29 is 23.5 Å². The quantitative estimate of drug-likeness (QED) is 0.620. The van der Waals surface area contributed by atoms with Crippen molar-refractivity contribution in [2.24, 2.45) is 0 Å². The van der Waals surface area contributed by atoms with Gasteiger partial charge in [-0.25, -0.2) is 9.18 Å². The van der Waals surface area contributed by atoms with Gasteiger partial charge in [0.1, 0.15) is 11.9 Å². The Bertz CT molecular complexity index is 1080. The molecule has 8 nitrogen and oxygen atoms in total.